The molecule has 0 N–H and O–H groups in total. The quantitative estimate of drug-likeness (QED) is 0.555. The maximum Gasteiger partial charge on any atom is 0.391 e. The van der Waals surface area contributed by atoms with Crippen molar-refractivity contribution in [3.8, 4) is 0 Å². The number of hydrogen-bond donors (Lipinski definition) is 0. The number of nitrogens with zero attached hydrogens (tertiary/aromatic N) is 1. The first-order valence-corrected chi connectivity index (χ1v) is 3.71. The molecule has 0 saturated carbocycles. The smallest absolute Gasteiger partial charge is 0.391 e. The Bertz CT molecular complexity index is 177. The lowest BCUT2D eigenvalue weighted by Crippen LogP contribution is -2.11. The van der Waals surface area contributed by atoms with Gasteiger partial charge in [0, 0.05) is 6.42 Å². The Morgan fingerprint density at radius 2 is 2.64 bits per heavy atom. The third-order valence-corrected chi connectivity index (χ3v) is 1.21. The Kier molecular flexibility index (Phi) is 2.89. The summed E-state index contributed by atoms with van der Waals surface area (Å²) in [5.74, 6) is -0.270. The van der Waals surface area contributed by atoms with Gasteiger partial charge in [-0.25, -0.2) is 4.99 Å². The standard InChI is InChI=1S/C7H11NO3/c1-2-3-6(9)11-7-8-4-5-10-7/h2-5H2,1H3. The number of rotatable bonds is 2. The van der Waals surface area contributed by atoms with Gasteiger partial charge in [0.05, 0.1) is 6.54 Å². The summed E-state index contributed by atoms with van der Waals surface area (Å²) in [6.45, 7) is 3.03. The highest BCUT2D eigenvalue weighted by atomic mass is 16.7. The van der Waals surface area contributed by atoms with Crippen LogP contribution in [-0.4, -0.2) is 25.2 Å². The van der Waals surface area contributed by atoms with Gasteiger partial charge in [-0.3, -0.25) is 4.79 Å². The predicted molar refractivity (Wildman–Crippen MR) is 39.3 cm³/mol. The highest BCUT2D eigenvalue weighted by Gasteiger charge is 2.12. The monoisotopic (exact) mass is 157 g/mol. The summed E-state index contributed by atoms with van der Waals surface area (Å²) in [6, 6.07) is 0. The summed E-state index contributed by atoms with van der Waals surface area (Å²) in [5, 5.41) is 0. The van der Waals surface area contributed by atoms with Crippen LogP contribution in [0.2, 0.25) is 0 Å². The van der Waals surface area contributed by atoms with Crippen LogP contribution in [0.25, 0.3) is 0 Å². The van der Waals surface area contributed by atoms with Crippen LogP contribution in [0.4, 0.5) is 0 Å². The van der Waals surface area contributed by atoms with Gasteiger partial charge in [0.15, 0.2) is 0 Å². The highest BCUT2D eigenvalue weighted by molar-refractivity contribution is 5.84. The molecule has 0 saturated heterocycles. The molecule has 0 bridgehead atoms. The summed E-state index contributed by atoms with van der Waals surface area (Å²) >= 11 is 0. The van der Waals surface area contributed by atoms with Crippen molar-refractivity contribution in [1.82, 2.24) is 0 Å². The SMILES string of the molecule is CCCC(=O)OC1=NCCO1. The van der Waals surface area contributed by atoms with Gasteiger partial charge in [-0.05, 0) is 6.42 Å². The van der Waals surface area contributed by atoms with E-state index in [2.05, 4.69) is 4.99 Å². The van der Waals surface area contributed by atoms with Crippen LogP contribution >= 0.6 is 0 Å². The fourth-order valence-electron chi connectivity index (χ4n) is 0.730. The summed E-state index contributed by atoms with van der Waals surface area (Å²) in [7, 11) is 0. The lowest BCUT2D eigenvalue weighted by atomic mass is 10.3. The van der Waals surface area contributed by atoms with Crippen molar-refractivity contribution < 1.29 is 14.3 Å². The highest BCUT2D eigenvalue weighted by Crippen LogP contribution is 1.98. The molecule has 1 heterocycles. The van der Waals surface area contributed by atoms with E-state index in [-0.39, 0.29) is 12.1 Å². The molecule has 0 aliphatic carbocycles. The summed E-state index contributed by atoms with van der Waals surface area (Å²) in [5.41, 5.74) is 0. The molecule has 11 heavy (non-hydrogen) atoms. The maximum atomic E-state index is 10.8. The van der Waals surface area contributed by atoms with Crippen LogP contribution in [0.3, 0.4) is 0 Å². The molecule has 0 spiro atoms. The summed E-state index contributed by atoms with van der Waals surface area (Å²) in [6.07, 6.45) is 1.33. The van der Waals surface area contributed by atoms with Crippen molar-refractivity contribution in [3.63, 3.8) is 0 Å². The van der Waals surface area contributed by atoms with Gasteiger partial charge in [-0.1, -0.05) is 6.92 Å². The number of esters is 1. The number of carbonyl (C=O) groups excluding carboxylic acids is 1. The first-order valence-electron chi connectivity index (χ1n) is 3.71. The second-order valence-electron chi connectivity index (χ2n) is 2.22. The van der Waals surface area contributed by atoms with Gasteiger partial charge in [-0.15, -0.1) is 0 Å². The fourth-order valence-corrected chi connectivity index (χ4v) is 0.730. The zero-order valence-corrected chi connectivity index (χ0v) is 6.50. The van der Waals surface area contributed by atoms with Gasteiger partial charge >= 0.3 is 12.1 Å². The molecular weight excluding hydrogens is 146 g/mol. The molecule has 4 heteroatoms. The molecule has 0 aromatic heterocycles. The minimum absolute atomic E-state index is 0.128. The van der Waals surface area contributed by atoms with Crippen molar-refractivity contribution in [3.05, 3.63) is 0 Å². The van der Waals surface area contributed by atoms with E-state index in [1.165, 1.54) is 0 Å². The fraction of sp³-hybridized carbons (Fsp3) is 0.714. The molecule has 4 nitrogen and oxygen atoms in total. The lowest BCUT2D eigenvalue weighted by Gasteiger charge is -2.00. The van der Waals surface area contributed by atoms with Crippen molar-refractivity contribution in [2.75, 3.05) is 13.2 Å². The third-order valence-electron chi connectivity index (χ3n) is 1.21. The van der Waals surface area contributed by atoms with Crippen molar-refractivity contribution in [1.29, 1.82) is 0 Å². The Labute approximate surface area is 65.2 Å². The lowest BCUT2D eigenvalue weighted by molar-refractivity contribution is -0.137. The maximum absolute atomic E-state index is 10.8. The Balaban J connectivity index is 2.24. The average Bonchev–Trinajstić information content (AvgIpc) is 2.40. The molecule has 1 rings (SSSR count). The second-order valence-corrected chi connectivity index (χ2v) is 2.22. The predicted octanol–water partition coefficient (Wildman–Crippen LogP) is 0.716. The second kappa shape index (κ2) is 3.95. The van der Waals surface area contributed by atoms with E-state index in [0.717, 1.165) is 6.42 Å². The molecule has 62 valence electrons. The van der Waals surface area contributed by atoms with Crippen LogP contribution in [0.1, 0.15) is 19.8 Å². The largest absolute Gasteiger partial charge is 0.448 e. The minimum atomic E-state index is -0.270. The first-order chi connectivity index (χ1) is 5.33. The van der Waals surface area contributed by atoms with Gasteiger partial charge in [0.2, 0.25) is 0 Å². The molecule has 0 amide bonds. The normalized spacial score (nSPS) is 15.5. The molecular formula is C7H11NO3. The van der Waals surface area contributed by atoms with Crippen LogP contribution in [0.5, 0.6) is 0 Å². The Morgan fingerprint density at radius 1 is 1.82 bits per heavy atom. The Hall–Kier alpha value is -1.06. The van der Waals surface area contributed by atoms with E-state index in [1.54, 1.807) is 0 Å². The van der Waals surface area contributed by atoms with Crippen LogP contribution in [-0.2, 0) is 14.3 Å². The van der Waals surface area contributed by atoms with Crippen LogP contribution in [0.15, 0.2) is 4.99 Å². The molecule has 0 aromatic rings. The Morgan fingerprint density at radius 3 is 3.18 bits per heavy atom. The number of aliphatic imine (C=N–C) groups is 1. The van der Waals surface area contributed by atoms with Crippen molar-refractivity contribution >= 4 is 12.1 Å². The number of ether oxygens (including phenoxy) is 2. The van der Waals surface area contributed by atoms with E-state index in [9.17, 15) is 4.79 Å². The third kappa shape index (κ3) is 2.57. The summed E-state index contributed by atoms with van der Waals surface area (Å²) < 4.78 is 9.62. The van der Waals surface area contributed by atoms with Crippen molar-refractivity contribution in [2.45, 2.75) is 19.8 Å². The van der Waals surface area contributed by atoms with Crippen molar-refractivity contribution in [2.24, 2.45) is 4.99 Å². The average molecular weight is 157 g/mol. The molecule has 1 aliphatic rings. The molecule has 0 aromatic carbocycles. The topological polar surface area (TPSA) is 47.9 Å². The van der Waals surface area contributed by atoms with E-state index >= 15 is 0 Å². The molecule has 0 fully saturated rings. The zero-order chi connectivity index (χ0) is 8.10. The van der Waals surface area contributed by atoms with Crippen LogP contribution < -0.4 is 0 Å². The number of carbonyl (C=O) groups is 1. The number of hydrogen-bond acceptors (Lipinski definition) is 4. The molecule has 0 atom stereocenters. The van der Waals surface area contributed by atoms with E-state index in [1.807, 2.05) is 6.92 Å². The minimum Gasteiger partial charge on any atom is -0.448 e. The first kappa shape index (κ1) is 8.04. The molecule has 0 radical (unpaired) electrons. The molecule has 0 unspecified atom stereocenters. The van der Waals surface area contributed by atoms with Gasteiger partial charge in [-0.2, -0.15) is 0 Å². The summed E-state index contributed by atoms with van der Waals surface area (Å²) in [4.78, 5) is 14.6. The van der Waals surface area contributed by atoms with E-state index < -0.39 is 0 Å². The van der Waals surface area contributed by atoms with Gasteiger partial charge in [0.25, 0.3) is 0 Å². The molecule has 1 aliphatic heterocycles. The van der Waals surface area contributed by atoms with E-state index in [4.69, 9.17) is 9.47 Å². The van der Waals surface area contributed by atoms with E-state index in [0.29, 0.717) is 19.6 Å². The van der Waals surface area contributed by atoms with Gasteiger partial charge in [0.1, 0.15) is 6.61 Å². The van der Waals surface area contributed by atoms with Gasteiger partial charge < -0.3 is 9.47 Å². The van der Waals surface area contributed by atoms with Crippen LogP contribution in [0, 0.1) is 0 Å². The zero-order valence-electron chi connectivity index (χ0n) is 6.50.